The van der Waals surface area contributed by atoms with Gasteiger partial charge in [-0.2, -0.15) is 0 Å². The van der Waals surface area contributed by atoms with Gasteiger partial charge in [-0.15, -0.1) is 0 Å². The molecule has 0 aliphatic heterocycles. The number of rotatable bonds is 9. The van der Waals surface area contributed by atoms with Crippen molar-refractivity contribution in [3.05, 3.63) is 64.1 Å². The number of aliphatic hydroxyl groups is 1. The molecule has 138 valence electrons. The highest BCUT2D eigenvalue weighted by atomic mass is 35.5. The van der Waals surface area contributed by atoms with E-state index in [-0.39, 0.29) is 12.5 Å². The lowest BCUT2D eigenvalue weighted by Gasteiger charge is -2.09. The van der Waals surface area contributed by atoms with Gasteiger partial charge in [-0.3, -0.25) is 4.79 Å². The summed E-state index contributed by atoms with van der Waals surface area (Å²) in [6.07, 6.45) is 7.05. The lowest BCUT2D eigenvalue weighted by Crippen LogP contribution is -2.21. The van der Waals surface area contributed by atoms with Crippen LogP contribution in [0, 0.1) is 0 Å². The first-order valence-corrected chi connectivity index (χ1v) is 9.48. The molecule has 5 heteroatoms. The molecule has 0 heterocycles. The van der Waals surface area contributed by atoms with E-state index in [2.05, 4.69) is 5.32 Å². The zero-order valence-electron chi connectivity index (χ0n) is 14.6. The third-order valence-corrected chi connectivity index (χ3v) is 4.53. The normalized spacial score (nSPS) is 11.0. The smallest absolute Gasteiger partial charge is 0.243 e. The highest BCUT2D eigenvalue weighted by molar-refractivity contribution is 6.36. The van der Waals surface area contributed by atoms with E-state index in [1.54, 1.807) is 18.2 Å². The fraction of sp³-hybridized carbons (Fsp3) is 0.286. The molecule has 3 nitrogen and oxygen atoms in total. The van der Waals surface area contributed by atoms with Crippen LogP contribution in [0.15, 0.2) is 48.5 Å². The summed E-state index contributed by atoms with van der Waals surface area (Å²) in [6.45, 7) is 0.866. The summed E-state index contributed by atoms with van der Waals surface area (Å²) in [6, 6.07) is 13.2. The van der Waals surface area contributed by atoms with Gasteiger partial charge in [0.1, 0.15) is 0 Å². The van der Waals surface area contributed by atoms with Gasteiger partial charge in [-0.05, 0) is 42.2 Å². The summed E-state index contributed by atoms with van der Waals surface area (Å²) in [5.74, 6) is -0.121. The average Bonchev–Trinajstić information content (AvgIpc) is 2.63. The Bertz CT molecular complexity index is 759. The van der Waals surface area contributed by atoms with Crippen molar-refractivity contribution < 1.29 is 9.90 Å². The van der Waals surface area contributed by atoms with Crippen LogP contribution in [0.2, 0.25) is 10.0 Å². The van der Waals surface area contributed by atoms with Crippen molar-refractivity contribution in [3.8, 4) is 11.1 Å². The molecule has 0 spiro atoms. The standard InChI is InChI=1S/C21H23Cl2NO2/c22-17-10-11-19(20(23)15-17)18-8-4-3-7-16(18)9-12-21(26)24-13-5-1-2-6-14-25/h3-4,7-12,15,25H,1-2,5-6,13-14H2,(H,24,26)/b12-9+. The third kappa shape index (κ3) is 6.49. The van der Waals surface area contributed by atoms with Gasteiger partial charge < -0.3 is 10.4 Å². The minimum Gasteiger partial charge on any atom is -0.396 e. The Labute approximate surface area is 164 Å². The molecule has 2 N–H and O–H groups in total. The van der Waals surface area contributed by atoms with Gasteiger partial charge in [-0.25, -0.2) is 0 Å². The SMILES string of the molecule is O=C(/C=C/c1ccccc1-c1ccc(Cl)cc1Cl)NCCCCCCO. The Morgan fingerprint density at radius 1 is 1.00 bits per heavy atom. The molecule has 0 atom stereocenters. The number of carbonyl (C=O) groups is 1. The van der Waals surface area contributed by atoms with Crippen molar-refractivity contribution in [1.82, 2.24) is 5.32 Å². The van der Waals surface area contributed by atoms with Crippen molar-refractivity contribution in [2.75, 3.05) is 13.2 Å². The van der Waals surface area contributed by atoms with Crippen molar-refractivity contribution in [2.45, 2.75) is 25.7 Å². The Kier molecular flexibility index (Phi) is 8.69. The zero-order chi connectivity index (χ0) is 18.8. The summed E-state index contributed by atoms with van der Waals surface area (Å²) < 4.78 is 0. The molecular formula is C21H23Cl2NO2. The molecule has 1 amide bonds. The number of hydrogen-bond acceptors (Lipinski definition) is 2. The second kappa shape index (κ2) is 11.0. The lowest BCUT2D eigenvalue weighted by molar-refractivity contribution is -0.116. The molecule has 0 aliphatic rings. The maximum Gasteiger partial charge on any atom is 0.243 e. The summed E-state index contributed by atoms with van der Waals surface area (Å²) >= 11 is 12.3. The number of halogens is 2. The van der Waals surface area contributed by atoms with Crippen molar-refractivity contribution in [1.29, 1.82) is 0 Å². The second-order valence-corrected chi connectivity index (χ2v) is 6.82. The van der Waals surface area contributed by atoms with E-state index >= 15 is 0 Å². The van der Waals surface area contributed by atoms with E-state index in [9.17, 15) is 4.79 Å². The predicted molar refractivity (Wildman–Crippen MR) is 109 cm³/mol. The Hall–Kier alpha value is -1.81. The molecule has 0 bridgehead atoms. The summed E-state index contributed by atoms with van der Waals surface area (Å²) in [5, 5.41) is 12.8. The van der Waals surface area contributed by atoms with Crippen molar-refractivity contribution in [3.63, 3.8) is 0 Å². The number of amides is 1. The van der Waals surface area contributed by atoms with Gasteiger partial charge in [0.15, 0.2) is 0 Å². The van der Waals surface area contributed by atoms with E-state index in [1.807, 2.05) is 30.3 Å². The first-order chi connectivity index (χ1) is 12.6. The molecule has 2 rings (SSSR count). The number of hydrogen-bond donors (Lipinski definition) is 2. The van der Waals surface area contributed by atoms with Crippen LogP contribution in [0.5, 0.6) is 0 Å². The van der Waals surface area contributed by atoms with Crippen LogP contribution in [-0.2, 0) is 4.79 Å². The van der Waals surface area contributed by atoms with E-state index in [0.29, 0.717) is 16.6 Å². The van der Waals surface area contributed by atoms with Crippen LogP contribution in [0.25, 0.3) is 17.2 Å². The minimum atomic E-state index is -0.121. The first-order valence-electron chi connectivity index (χ1n) is 8.73. The minimum absolute atomic E-state index is 0.121. The van der Waals surface area contributed by atoms with Crippen molar-refractivity contribution in [2.24, 2.45) is 0 Å². The Morgan fingerprint density at radius 2 is 1.77 bits per heavy atom. The summed E-state index contributed by atoms with van der Waals surface area (Å²) in [5.41, 5.74) is 2.73. The van der Waals surface area contributed by atoms with Crippen molar-refractivity contribution >= 4 is 35.2 Å². The second-order valence-electron chi connectivity index (χ2n) is 5.97. The number of unbranched alkanes of at least 4 members (excludes halogenated alkanes) is 3. The quantitative estimate of drug-likeness (QED) is 0.447. The number of aliphatic hydroxyl groups excluding tert-OH is 1. The molecule has 0 aliphatic carbocycles. The van der Waals surface area contributed by atoms with Crippen LogP contribution in [0.4, 0.5) is 0 Å². The van der Waals surface area contributed by atoms with E-state index in [4.69, 9.17) is 28.3 Å². The topological polar surface area (TPSA) is 49.3 Å². The summed E-state index contributed by atoms with van der Waals surface area (Å²) in [7, 11) is 0. The average molecular weight is 392 g/mol. The molecule has 0 unspecified atom stereocenters. The molecule has 0 saturated heterocycles. The third-order valence-electron chi connectivity index (χ3n) is 3.98. The fourth-order valence-corrected chi connectivity index (χ4v) is 3.13. The number of nitrogens with one attached hydrogen (secondary N) is 1. The molecule has 2 aromatic carbocycles. The first kappa shape index (κ1) is 20.5. The molecule has 2 aromatic rings. The summed E-state index contributed by atoms with van der Waals surface area (Å²) in [4.78, 5) is 12.0. The van der Waals surface area contributed by atoms with Crippen LogP contribution < -0.4 is 5.32 Å². The van der Waals surface area contributed by atoms with Crippen LogP contribution in [0.3, 0.4) is 0 Å². The number of benzene rings is 2. The Balaban J connectivity index is 1.99. The van der Waals surface area contributed by atoms with Crippen LogP contribution in [-0.4, -0.2) is 24.2 Å². The van der Waals surface area contributed by atoms with Gasteiger partial charge >= 0.3 is 0 Å². The van der Waals surface area contributed by atoms with Crippen LogP contribution in [0.1, 0.15) is 31.2 Å². The van der Waals surface area contributed by atoms with E-state index < -0.39 is 0 Å². The molecule has 0 saturated carbocycles. The zero-order valence-corrected chi connectivity index (χ0v) is 16.1. The predicted octanol–water partition coefficient (Wildman–Crippen LogP) is 5.34. The van der Waals surface area contributed by atoms with E-state index in [0.717, 1.165) is 42.4 Å². The lowest BCUT2D eigenvalue weighted by atomic mass is 9.99. The van der Waals surface area contributed by atoms with Gasteiger partial charge in [0.05, 0.1) is 0 Å². The van der Waals surface area contributed by atoms with Gasteiger partial charge in [0.25, 0.3) is 0 Å². The fourth-order valence-electron chi connectivity index (χ4n) is 2.62. The highest BCUT2D eigenvalue weighted by Crippen LogP contribution is 2.32. The van der Waals surface area contributed by atoms with Gasteiger partial charge in [0.2, 0.25) is 5.91 Å². The molecular weight excluding hydrogens is 369 g/mol. The maximum atomic E-state index is 12.0. The molecule has 0 radical (unpaired) electrons. The molecule has 0 fully saturated rings. The highest BCUT2D eigenvalue weighted by Gasteiger charge is 2.07. The number of carbonyl (C=O) groups excluding carboxylic acids is 1. The van der Waals surface area contributed by atoms with Gasteiger partial charge in [-0.1, -0.05) is 66.4 Å². The maximum absolute atomic E-state index is 12.0. The molecule has 0 aromatic heterocycles. The Morgan fingerprint density at radius 3 is 2.54 bits per heavy atom. The van der Waals surface area contributed by atoms with Crippen LogP contribution >= 0.6 is 23.2 Å². The largest absolute Gasteiger partial charge is 0.396 e. The molecule has 26 heavy (non-hydrogen) atoms. The van der Waals surface area contributed by atoms with Gasteiger partial charge in [0, 0.05) is 34.8 Å². The monoisotopic (exact) mass is 391 g/mol. The van der Waals surface area contributed by atoms with E-state index in [1.165, 1.54) is 6.08 Å².